The van der Waals surface area contributed by atoms with Gasteiger partial charge in [0.25, 0.3) is 5.79 Å². The van der Waals surface area contributed by atoms with E-state index in [-0.39, 0.29) is 0 Å². The third kappa shape index (κ3) is 2.14. The molecular formula is C6H8O5. The van der Waals surface area contributed by atoms with Gasteiger partial charge in [0.05, 0.1) is 7.11 Å². The Morgan fingerprint density at radius 2 is 2.00 bits per heavy atom. The average molecular weight is 160 g/mol. The second-order valence-electron chi connectivity index (χ2n) is 1.75. The third-order valence-electron chi connectivity index (χ3n) is 0.990. The SMILES string of the molecule is C=CC(O)(O)C(=O)C(=O)OC. The maximum Gasteiger partial charge on any atom is 0.380 e. The second kappa shape index (κ2) is 3.27. The molecule has 0 aromatic heterocycles. The molecule has 0 saturated carbocycles. The summed E-state index contributed by atoms with van der Waals surface area (Å²) in [7, 11) is 0.958. The van der Waals surface area contributed by atoms with E-state index in [1.165, 1.54) is 0 Å². The summed E-state index contributed by atoms with van der Waals surface area (Å²) in [4.78, 5) is 21.0. The minimum absolute atomic E-state index is 0.534. The molecule has 0 unspecified atom stereocenters. The summed E-state index contributed by atoms with van der Waals surface area (Å²) in [5, 5.41) is 17.4. The molecule has 62 valence electrons. The van der Waals surface area contributed by atoms with Crippen LogP contribution in [-0.2, 0) is 14.3 Å². The minimum atomic E-state index is -2.83. The number of Topliss-reactive ketones (excluding diaryl/α,β-unsaturated/α-hetero) is 1. The van der Waals surface area contributed by atoms with Gasteiger partial charge in [0, 0.05) is 0 Å². The van der Waals surface area contributed by atoms with Crippen molar-refractivity contribution in [2.45, 2.75) is 5.79 Å². The first-order valence-electron chi connectivity index (χ1n) is 2.66. The van der Waals surface area contributed by atoms with Crippen LogP contribution in [0.2, 0.25) is 0 Å². The lowest BCUT2D eigenvalue weighted by Crippen LogP contribution is -2.41. The molecule has 0 radical (unpaired) electrons. The van der Waals surface area contributed by atoms with Crippen LogP contribution in [0.25, 0.3) is 0 Å². The molecule has 0 atom stereocenters. The number of methoxy groups -OCH3 is 1. The Morgan fingerprint density at radius 3 is 2.27 bits per heavy atom. The summed E-state index contributed by atoms with van der Waals surface area (Å²) in [6.45, 7) is 2.94. The highest BCUT2D eigenvalue weighted by atomic mass is 16.5. The maximum absolute atomic E-state index is 10.6. The van der Waals surface area contributed by atoms with Gasteiger partial charge in [-0.25, -0.2) is 4.79 Å². The first kappa shape index (κ1) is 9.80. The largest absolute Gasteiger partial charge is 0.463 e. The zero-order valence-electron chi connectivity index (χ0n) is 5.90. The number of ketones is 1. The molecule has 0 aromatic carbocycles. The van der Waals surface area contributed by atoms with Crippen LogP contribution < -0.4 is 0 Å². The van der Waals surface area contributed by atoms with E-state index in [2.05, 4.69) is 11.3 Å². The fourth-order valence-electron chi connectivity index (χ4n) is 0.336. The molecule has 0 spiro atoms. The van der Waals surface area contributed by atoms with E-state index in [0.717, 1.165) is 7.11 Å². The van der Waals surface area contributed by atoms with Gasteiger partial charge in [-0.05, 0) is 6.08 Å². The van der Waals surface area contributed by atoms with Crippen molar-refractivity contribution < 1.29 is 24.5 Å². The molecule has 0 amide bonds. The van der Waals surface area contributed by atoms with Crippen molar-refractivity contribution in [1.82, 2.24) is 0 Å². The standard InChI is InChI=1S/C6H8O5/c1-3-6(9,10)4(7)5(8)11-2/h3,9-10H,1H2,2H3. The molecule has 5 nitrogen and oxygen atoms in total. The van der Waals surface area contributed by atoms with Crippen molar-refractivity contribution in [3.8, 4) is 0 Å². The zero-order valence-corrected chi connectivity index (χ0v) is 5.90. The lowest BCUT2D eigenvalue weighted by atomic mass is 10.2. The van der Waals surface area contributed by atoms with E-state index in [1.807, 2.05) is 0 Å². The number of aliphatic hydroxyl groups is 2. The normalized spacial score (nSPS) is 10.5. The molecule has 0 fully saturated rings. The fraction of sp³-hybridized carbons (Fsp3) is 0.333. The molecule has 2 N–H and O–H groups in total. The van der Waals surface area contributed by atoms with Crippen molar-refractivity contribution >= 4 is 11.8 Å². The number of rotatable bonds is 3. The molecule has 0 aliphatic rings. The number of hydrogen-bond acceptors (Lipinski definition) is 5. The summed E-state index contributed by atoms with van der Waals surface area (Å²) in [6.07, 6.45) is 0.534. The Morgan fingerprint density at radius 1 is 1.55 bits per heavy atom. The van der Waals surface area contributed by atoms with E-state index >= 15 is 0 Å². The summed E-state index contributed by atoms with van der Waals surface area (Å²) >= 11 is 0. The Bertz CT molecular complexity index is 193. The van der Waals surface area contributed by atoms with Gasteiger partial charge in [-0.1, -0.05) is 6.58 Å². The lowest BCUT2D eigenvalue weighted by molar-refractivity contribution is -0.178. The van der Waals surface area contributed by atoms with Crippen LogP contribution in [0.1, 0.15) is 0 Å². The van der Waals surface area contributed by atoms with Gasteiger partial charge >= 0.3 is 11.8 Å². The highest BCUT2D eigenvalue weighted by molar-refractivity contribution is 6.36. The van der Waals surface area contributed by atoms with E-state index < -0.39 is 17.5 Å². The van der Waals surface area contributed by atoms with Gasteiger partial charge < -0.3 is 14.9 Å². The van der Waals surface area contributed by atoms with Crippen LogP contribution in [0, 0.1) is 0 Å². The van der Waals surface area contributed by atoms with Gasteiger partial charge in [-0.3, -0.25) is 4.79 Å². The smallest absolute Gasteiger partial charge is 0.380 e. The Labute approximate surface area is 62.9 Å². The molecule has 0 rings (SSSR count). The fourth-order valence-corrected chi connectivity index (χ4v) is 0.336. The van der Waals surface area contributed by atoms with Crippen LogP contribution in [0.4, 0.5) is 0 Å². The predicted molar refractivity (Wildman–Crippen MR) is 34.4 cm³/mol. The van der Waals surface area contributed by atoms with Crippen molar-refractivity contribution in [1.29, 1.82) is 0 Å². The van der Waals surface area contributed by atoms with Crippen LogP contribution in [0.5, 0.6) is 0 Å². The molecular weight excluding hydrogens is 152 g/mol. The molecule has 0 heterocycles. The lowest BCUT2D eigenvalue weighted by Gasteiger charge is -2.12. The van der Waals surface area contributed by atoms with Gasteiger partial charge in [0.2, 0.25) is 0 Å². The molecule has 0 bridgehead atoms. The highest BCUT2D eigenvalue weighted by Crippen LogP contribution is 2.02. The van der Waals surface area contributed by atoms with Gasteiger partial charge in [0.1, 0.15) is 0 Å². The number of esters is 1. The van der Waals surface area contributed by atoms with Crippen LogP contribution in [-0.4, -0.2) is 34.9 Å². The Kier molecular flexibility index (Phi) is 2.91. The van der Waals surface area contributed by atoms with E-state index in [1.54, 1.807) is 0 Å². The second-order valence-corrected chi connectivity index (χ2v) is 1.75. The molecule has 0 aliphatic carbocycles. The minimum Gasteiger partial charge on any atom is -0.463 e. The highest BCUT2D eigenvalue weighted by Gasteiger charge is 2.35. The molecule has 5 heteroatoms. The van der Waals surface area contributed by atoms with Gasteiger partial charge in [0.15, 0.2) is 0 Å². The maximum atomic E-state index is 10.6. The van der Waals surface area contributed by atoms with Gasteiger partial charge in [-0.15, -0.1) is 0 Å². The first-order chi connectivity index (χ1) is 4.95. The Hall–Kier alpha value is -1.20. The molecule has 0 aliphatic heterocycles. The van der Waals surface area contributed by atoms with Crippen LogP contribution in [0.3, 0.4) is 0 Å². The first-order valence-corrected chi connectivity index (χ1v) is 2.66. The van der Waals surface area contributed by atoms with Crippen molar-refractivity contribution in [3.63, 3.8) is 0 Å². The van der Waals surface area contributed by atoms with Crippen LogP contribution in [0.15, 0.2) is 12.7 Å². The summed E-state index contributed by atoms with van der Waals surface area (Å²) in [5.74, 6) is -5.61. The van der Waals surface area contributed by atoms with Crippen LogP contribution >= 0.6 is 0 Å². The summed E-state index contributed by atoms with van der Waals surface area (Å²) in [6, 6.07) is 0. The zero-order chi connectivity index (χ0) is 9.07. The third-order valence-corrected chi connectivity index (χ3v) is 0.990. The van der Waals surface area contributed by atoms with Gasteiger partial charge in [-0.2, -0.15) is 0 Å². The van der Waals surface area contributed by atoms with Crippen molar-refractivity contribution in [2.24, 2.45) is 0 Å². The Balaban J connectivity index is 4.48. The number of carbonyl (C=O) groups is 2. The van der Waals surface area contributed by atoms with E-state index in [9.17, 15) is 9.59 Å². The number of hydrogen-bond donors (Lipinski definition) is 2. The summed E-state index contributed by atoms with van der Waals surface area (Å²) in [5.41, 5.74) is 0. The molecule has 0 aromatic rings. The molecule has 0 saturated heterocycles. The van der Waals surface area contributed by atoms with Crippen molar-refractivity contribution in [3.05, 3.63) is 12.7 Å². The summed E-state index contributed by atoms with van der Waals surface area (Å²) < 4.78 is 3.94. The topological polar surface area (TPSA) is 83.8 Å². The van der Waals surface area contributed by atoms with E-state index in [4.69, 9.17) is 10.2 Å². The predicted octanol–water partition coefficient (Wildman–Crippen LogP) is -1.40. The number of ether oxygens (including phenoxy) is 1. The van der Waals surface area contributed by atoms with Crippen molar-refractivity contribution in [2.75, 3.05) is 7.11 Å². The monoisotopic (exact) mass is 160 g/mol. The molecule has 11 heavy (non-hydrogen) atoms. The van der Waals surface area contributed by atoms with E-state index in [0.29, 0.717) is 6.08 Å². The quantitative estimate of drug-likeness (QED) is 0.229. The average Bonchev–Trinajstić information content (AvgIpc) is 2.01. The number of carbonyl (C=O) groups excluding carboxylic acids is 2.